The summed E-state index contributed by atoms with van der Waals surface area (Å²) in [5, 5.41) is 4.83. The molecule has 0 saturated carbocycles. The quantitative estimate of drug-likeness (QED) is 0.522. The number of para-hydroxylation sites is 2. The van der Waals surface area contributed by atoms with Gasteiger partial charge in [-0.15, -0.1) is 0 Å². The predicted octanol–water partition coefficient (Wildman–Crippen LogP) is 2.63. The van der Waals surface area contributed by atoms with Gasteiger partial charge in [-0.2, -0.15) is 0 Å². The number of aryl methyl sites for hydroxylation is 1. The molecule has 1 aromatic heterocycles. The predicted molar refractivity (Wildman–Crippen MR) is 110 cm³/mol. The van der Waals surface area contributed by atoms with Crippen molar-refractivity contribution < 1.29 is 9.59 Å². The van der Waals surface area contributed by atoms with E-state index in [0.717, 1.165) is 17.3 Å². The van der Waals surface area contributed by atoms with Gasteiger partial charge in [0.05, 0.1) is 21.8 Å². The number of hydrogen-bond donors (Lipinski definition) is 2. The molecule has 0 unspecified atom stereocenters. The third-order valence-corrected chi connectivity index (χ3v) is 5.27. The molecule has 0 radical (unpaired) electrons. The molecule has 0 aliphatic rings. The van der Waals surface area contributed by atoms with Gasteiger partial charge >= 0.3 is 6.03 Å². The van der Waals surface area contributed by atoms with Crippen molar-refractivity contribution in [3.8, 4) is 5.69 Å². The molecule has 8 heteroatoms. The van der Waals surface area contributed by atoms with Gasteiger partial charge in [0.25, 0.3) is 5.56 Å². The van der Waals surface area contributed by atoms with Crippen molar-refractivity contribution in [2.24, 2.45) is 0 Å². The summed E-state index contributed by atoms with van der Waals surface area (Å²) in [4.78, 5) is 41.5. The first kappa shape index (κ1) is 19.6. The molecular weight excluding hydrogens is 376 g/mol. The fourth-order valence-electron chi connectivity index (χ4n) is 2.71. The van der Waals surface area contributed by atoms with E-state index in [1.807, 2.05) is 37.3 Å². The van der Waals surface area contributed by atoms with Crippen molar-refractivity contribution in [1.82, 2.24) is 20.2 Å². The Morgan fingerprint density at radius 1 is 1.11 bits per heavy atom. The van der Waals surface area contributed by atoms with Gasteiger partial charge in [-0.25, -0.2) is 9.78 Å². The van der Waals surface area contributed by atoms with Crippen LogP contribution in [0, 0.1) is 6.92 Å². The van der Waals surface area contributed by atoms with Gasteiger partial charge in [0.2, 0.25) is 5.91 Å². The fraction of sp³-hybridized carbons (Fsp3) is 0.200. The van der Waals surface area contributed by atoms with Crippen LogP contribution in [0.15, 0.2) is 58.5 Å². The Hall–Kier alpha value is -3.13. The van der Waals surface area contributed by atoms with Crippen molar-refractivity contribution in [2.45, 2.75) is 24.3 Å². The molecule has 1 atom stereocenters. The largest absolute Gasteiger partial charge is 0.341 e. The highest BCUT2D eigenvalue weighted by Crippen LogP contribution is 2.26. The molecule has 28 heavy (non-hydrogen) atoms. The number of fused-ring (bicyclic) bond motifs is 1. The lowest BCUT2D eigenvalue weighted by Crippen LogP contribution is -2.41. The molecule has 0 aliphatic carbocycles. The molecule has 3 rings (SSSR count). The number of imide groups is 1. The van der Waals surface area contributed by atoms with Crippen LogP contribution in [-0.4, -0.2) is 33.8 Å². The smallest absolute Gasteiger partial charge is 0.321 e. The number of nitrogens with zero attached hydrogens (tertiary/aromatic N) is 2. The van der Waals surface area contributed by atoms with Gasteiger partial charge in [-0.3, -0.25) is 19.5 Å². The number of rotatable bonds is 4. The van der Waals surface area contributed by atoms with Gasteiger partial charge in [-0.05, 0) is 37.6 Å². The molecule has 0 aliphatic heterocycles. The minimum absolute atomic E-state index is 0.207. The van der Waals surface area contributed by atoms with Crippen LogP contribution in [0.4, 0.5) is 4.79 Å². The maximum Gasteiger partial charge on any atom is 0.321 e. The molecule has 0 fully saturated rings. The van der Waals surface area contributed by atoms with Crippen molar-refractivity contribution in [2.75, 3.05) is 7.05 Å². The summed E-state index contributed by atoms with van der Waals surface area (Å²) < 4.78 is 1.52. The maximum absolute atomic E-state index is 13.2. The van der Waals surface area contributed by atoms with Crippen LogP contribution in [0.5, 0.6) is 0 Å². The number of carbonyl (C=O) groups excluding carboxylic acids is 2. The highest BCUT2D eigenvalue weighted by molar-refractivity contribution is 8.00. The number of nitrogens with one attached hydrogen (secondary N) is 2. The molecule has 0 bridgehead atoms. The molecule has 3 aromatic rings. The maximum atomic E-state index is 13.2. The number of urea groups is 1. The standard InChI is InChI=1S/C20H20N4O3S/c1-12-8-4-7-11-16(12)24-18(26)14-9-5-6-10-15(14)22-20(24)28-13(2)17(25)23-19(27)21-3/h4-11,13H,1-3H3,(H2,21,23,25,27)/t13-/m1/s1. The number of hydrogen-bond acceptors (Lipinski definition) is 5. The molecule has 2 aromatic carbocycles. The molecule has 7 nitrogen and oxygen atoms in total. The minimum atomic E-state index is -0.638. The van der Waals surface area contributed by atoms with E-state index in [9.17, 15) is 14.4 Å². The van der Waals surface area contributed by atoms with Crippen LogP contribution in [0.3, 0.4) is 0 Å². The molecule has 0 saturated heterocycles. The Labute approximate surface area is 166 Å². The average Bonchev–Trinajstić information content (AvgIpc) is 2.69. The number of carbonyl (C=O) groups is 2. The zero-order valence-electron chi connectivity index (χ0n) is 15.7. The molecule has 3 amide bonds. The van der Waals surface area contributed by atoms with Crippen molar-refractivity contribution in [3.05, 3.63) is 64.4 Å². The van der Waals surface area contributed by atoms with Gasteiger partial charge in [0.15, 0.2) is 5.16 Å². The first-order valence-corrected chi connectivity index (χ1v) is 9.57. The Morgan fingerprint density at radius 3 is 2.50 bits per heavy atom. The molecule has 0 spiro atoms. The van der Waals surface area contributed by atoms with Gasteiger partial charge in [-0.1, -0.05) is 42.1 Å². The third-order valence-electron chi connectivity index (χ3n) is 4.22. The summed E-state index contributed by atoms with van der Waals surface area (Å²) in [5.74, 6) is -0.469. The van der Waals surface area contributed by atoms with Crippen LogP contribution >= 0.6 is 11.8 Å². The second-order valence-corrected chi connectivity index (χ2v) is 7.47. The minimum Gasteiger partial charge on any atom is -0.341 e. The number of thioether (sulfide) groups is 1. The van der Waals surface area contributed by atoms with Gasteiger partial charge in [0.1, 0.15) is 0 Å². The van der Waals surface area contributed by atoms with Crippen molar-refractivity contribution in [1.29, 1.82) is 0 Å². The molecule has 144 valence electrons. The monoisotopic (exact) mass is 396 g/mol. The number of aromatic nitrogens is 2. The van der Waals surface area contributed by atoms with E-state index in [-0.39, 0.29) is 5.56 Å². The zero-order chi connectivity index (χ0) is 20.3. The lowest BCUT2D eigenvalue weighted by molar-refractivity contribution is -0.119. The van der Waals surface area contributed by atoms with Crippen molar-refractivity contribution >= 4 is 34.6 Å². The SMILES string of the molecule is CNC(=O)NC(=O)[C@@H](C)Sc1nc2ccccc2c(=O)n1-c1ccccc1C. The number of benzene rings is 2. The van der Waals surface area contributed by atoms with E-state index in [4.69, 9.17) is 0 Å². The summed E-state index contributed by atoms with van der Waals surface area (Å²) in [6, 6.07) is 14.0. The Morgan fingerprint density at radius 2 is 1.79 bits per heavy atom. The van der Waals surface area contributed by atoms with Crippen LogP contribution in [-0.2, 0) is 4.79 Å². The third kappa shape index (κ3) is 3.91. The van der Waals surface area contributed by atoms with E-state index < -0.39 is 17.2 Å². The summed E-state index contributed by atoms with van der Waals surface area (Å²) in [6.07, 6.45) is 0. The highest BCUT2D eigenvalue weighted by atomic mass is 32.2. The van der Waals surface area contributed by atoms with Crippen molar-refractivity contribution in [3.63, 3.8) is 0 Å². The van der Waals surface area contributed by atoms with E-state index in [1.165, 1.54) is 11.6 Å². The highest BCUT2D eigenvalue weighted by Gasteiger charge is 2.21. The summed E-state index contributed by atoms with van der Waals surface area (Å²) in [7, 11) is 1.43. The summed E-state index contributed by atoms with van der Waals surface area (Å²) in [5.41, 5.74) is 1.96. The fourth-order valence-corrected chi connectivity index (χ4v) is 3.63. The lowest BCUT2D eigenvalue weighted by Gasteiger charge is -2.17. The van der Waals surface area contributed by atoms with E-state index in [0.29, 0.717) is 21.7 Å². The van der Waals surface area contributed by atoms with Crippen LogP contribution in [0.2, 0.25) is 0 Å². The van der Waals surface area contributed by atoms with E-state index >= 15 is 0 Å². The lowest BCUT2D eigenvalue weighted by atomic mass is 10.2. The van der Waals surface area contributed by atoms with Crippen LogP contribution in [0.1, 0.15) is 12.5 Å². The molecule has 1 heterocycles. The molecule has 2 N–H and O–H groups in total. The first-order chi connectivity index (χ1) is 13.4. The average molecular weight is 396 g/mol. The topological polar surface area (TPSA) is 93.1 Å². The van der Waals surface area contributed by atoms with Gasteiger partial charge in [0, 0.05) is 7.05 Å². The second-order valence-electron chi connectivity index (χ2n) is 6.17. The van der Waals surface area contributed by atoms with Gasteiger partial charge < -0.3 is 5.32 Å². The van der Waals surface area contributed by atoms with E-state index in [2.05, 4.69) is 15.6 Å². The van der Waals surface area contributed by atoms with Crippen LogP contribution < -0.4 is 16.2 Å². The van der Waals surface area contributed by atoms with Crippen LogP contribution in [0.25, 0.3) is 16.6 Å². The normalized spacial score (nSPS) is 11.8. The Bertz CT molecular complexity index is 1110. The first-order valence-electron chi connectivity index (χ1n) is 8.69. The second kappa shape index (κ2) is 8.26. The number of amides is 3. The van der Waals surface area contributed by atoms with E-state index in [1.54, 1.807) is 25.1 Å². The summed E-state index contributed by atoms with van der Waals surface area (Å²) in [6.45, 7) is 3.57. The Kier molecular flexibility index (Phi) is 5.79. The Balaban J connectivity index is 2.12. The molecular formula is C20H20N4O3S. The zero-order valence-corrected chi connectivity index (χ0v) is 16.5. The summed E-state index contributed by atoms with van der Waals surface area (Å²) >= 11 is 1.12.